The normalized spacial score (nSPS) is 28.7. The Labute approximate surface area is 221 Å². The van der Waals surface area contributed by atoms with Gasteiger partial charge in [-0.2, -0.15) is 4.31 Å². The number of alkyl halides is 2. The van der Waals surface area contributed by atoms with E-state index in [1.54, 1.807) is 32.3 Å². The minimum atomic E-state index is -4.01. The molecule has 0 saturated heterocycles. The number of aliphatic imine (C=N–C) groups is 1. The van der Waals surface area contributed by atoms with Crippen LogP contribution in [0, 0.1) is 5.41 Å². The fourth-order valence-electron chi connectivity index (χ4n) is 5.61. The van der Waals surface area contributed by atoms with Gasteiger partial charge in [-0.25, -0.2) is 17.2 Å². The van der Waals surface area contributed by atoms with Gasteiger partial charge in [0, 0.05) is 38.0 Å². The van der Waals surface area contributed by atoms with Crippen LogP contribution in [0.4, 0.5) is 8.78 Å². The van der Waals surface area contributed by atoms with Gasteiger partial charge in [0.1, 0.15) is 5.84 Å². The molecule has 200 valence electrons. The summed E-state index contributed by atoms with van der Waals surface area (Å²) in [6, 6.07) is 4.31. The molecule has 1 N–H and O–H groups in total. The van der Waals surface area contributed by atoms with Crippen LogP contribution in [-0.2, 0) is 21.4 Å². The molecule has 1 aromatic carbocycles. The Hall–Kier alpha value is -1.49. The Bertz CT molecular complexity index is 1190. The van der Waals surface area contributed by atoms with E-state index in [9.17, 15) is 22.0 Å². The highest BCUT2D eigenvalue weighted by atomic mass is 35.5. The number of sulfonamides is 1. The molecule has 5 rings (SSSR count). The number of rotatable bonds is 9. The SMILES string of the molecule is CN(C)C(=O)[C@@H]1N=C(C23CC(N(Cc4ccc(Cl)c(Cl)c4)S(=O)(=O)CCC(C)(F)F)(C2)C3)NC1(C)C. The van der Waals surface area contributed by atoms with E-state index in [0.29, 0.717) is 34.9 Å². The number of carbonyl (C=O) groups excluding carboxylic acids is 1. The average Bonchev–Trinajstić information content (AvgIpc) is 3.00. The molecule has 0 unspecified atom stereocenters. The van der Waals surface area contributed by atoms with Gasteiger partial charge in [-0.15, -0.1) is 0 Å². The summed E-state index contributed by atoms with van der Waals surface area (Å²) in [6.07, 6.45) is 0.765. The summed E-state index contributed by atoms with van der Waals surface area (Å²) in [7, 11) is -0.634. The maximum atomic E-state index is 13.6. The highest BCUT2D eigenvalue weighted by Gasteiger charge is 2.75. The van der Waals surface area contributed by atoms with Crippen LogP contribution >= 0.6 is 23.2 Å². The third kappa shape index (κ3) is 4.86. The number of benzene rings is 1. The molecule has 1 aromatic rings. The minimum absolute atomic E-state index is 0.0116. The van der Waals surface area contributed by atoms with Crippen molar-refractivity contribution in [1.82, 2.24) is 14.5 Å². The van der Waals surface area contributed by atoms with E-state index in [-0.39, 0.29) is 17.9 Å². The first-order chi connectivity index (χ1) is 16.4. The molecule has 7 nitrogen and oxygen atoms in total. The van der Waals surface area contributed by atoms with Gasteiger partial charge in [-0.1, -0.05) is 29.3 Å². The molecule has 3 fully saturated rings. The second kappa shape index (κ2) is 8.78. The van der Waals surface area contributed by atoms with E-state index in [1.165, 1.54) is 9.21 Å². The lowest BCUT2D eigenvalue weighted by Gasteiger charge is -2.73. The molecular weight excluding hydrogens is 533 g/mol. The van der Waals surface area contributed by atoms with E-state index in [2.05, 4.69) is 5.32 Å². The number of hydrogen-bond acceptors (Lipinski definition) is 5. The van der Waals surface area contributed by atoms with Crippen LogP contribution < -0.4 is 5.32 Å². The first-order valence-electron chi connectivity index (χ1n) is 11.8. The molecule has 0 aromatic heterocycles. The van der Waals surface area contributed by atoms with E-state index in [0.717, 1.165) is 12.8 Å². The van der Waals surface area contributed by atoms with Crippen molar-refractivity contribution in [3.05, 3.63) is 33.8 Å². The zero-order valence-electron chi connectivity index (χ0n) is 21.0. The van der Waals surface area contributed by atoms with Crippen LogP contribution in [0.5, 0.6) is 0 Å². The molecule has 3 aliphatic carbocycles. The van der Waals surface area contributed by atoms with Crippen molar-refractivity contribution >= 4 is 45.0 Å². The van der Waals surface area contributed by atoms with E-state index >= 15 is 0 Å². The summed E-state index contributed by atoms with van der Waals surface area (Å²) in [5.41, 5.74) is -0.980. The van der Waals surface area contributed by atoms with Crippen molar-refractivity contribution in [2.24, 2.45) is 10.4 Å². The molecular formula is C24H32Cl2F2N4O3S. The molecule has 4 aliphatic rings. The average molecular weight is 566 g/mol. The van der Waals surface area contributed by atoms with Crippen LogP contribution in [0.15, 0.2) is 23.2 Å². The second-order valence-corrected chi connectivity index (χ2v) is 14.2. The van der Waals surface area contributed by atoms with Gasteiger partial charge >= 0.3 is 0 Å². The number of carbonyl (C=O) groups is 1. The van der Waals surface area contributed by atoms with Gasteiger partial charge in [-0.3, -0.25) is 9.79 Å². The first kappa shape index (κ1) is 27.5. The van der Waals surface area contributed by atoms with Crippen molar-refractivity contribution in [3.8, 4) is 0 Å². The number of halogens is 4. The lowest BCUT2D eigenvalue weighted by Crippen LogP contribution is -2.78. The molecule has 0 radical (unpaired) electrons. The Balaban J connectivity index is 1.58. The third-order valence-electron chi connectivity index (χ3n) is 7.54. The van der Waals surface area contributed by atoms with Crippen LogP contribution in [0.25, 0.3) is 0 Å². The zero-order chi connectivity index (χ0) is 26.9. The van der Waals surface area contributed by atoms with Crippen molar-refractivity contribution in [1.29, 1.82) is 0 Å². The monoisotopic (exact) mass is 564 g/mol. The van der Waals surface area contributed by atoms with Crippen LogP contribution in [0.1, 0.15) is 52.0 Å². The summed E-state index contributed by atoms with van der Waals surface area (Å²) in [5.74, 6) is -3.13. The fourth-order valence-corrected chi connectivity index (χ4v) is 7.89. The van der Waals surface area contributed by atoms with Gasteiger partial charge in [0.25, 0.3) is 0 Å². The molecule has 0 spiro atoms. The Morgan fingerprint density at radius 3 is 2.33 bits per heavy atom. The number of hydrogen-bond donors (Lipinski definition) is 1. The largest absolute Gasteiger partial charge is 0.366 e. The predicted molar refractivity (Wildman–Crippen MR) is 137 cm³/mol. The number of nitrogens with zero attached hydrogens (tertiary/aromatic N) is 3. The lowest BCUT2D eigenvalue weighted by atomic mass is 9.38. The van der Waals surface area contributed by atoms with Gasteiger partial charge in [0.15, 0.2) is 6.04 Å². The van der Waals surface area contributed by atoms with Gasteiger partial charge in [-0.05, 0) is 57.7 Å². The van der Waals surface area contributed by atoms with Crippen molar-refractivity contribution in [2.45, 2.75) is 76.0 Å². The Morgan fingerprint density at radius 2 is 1.81 bits per heavy atom. The van der Waals surface area contributed by atoms with Crippen LogP contribution in [-0.4, -0.2) is 72.3 Å². The smallest absolute Gasteiger partial charge is 0.249 e. The summed E-state index contributed by atoms with van der Waals surface area (Å²) in [5, 5.41) is 4.05. The molecule has 12 heteroatoms. The van der Waals surface area contributed by atoms with E-state index in [4.69, 9.17) is 28.2 Å². The third-order valence-corrected chi connectivity index (χ3v) is 10.2. The van der Waals surface area contributed by atoms with Crippen molar-refractivity contribution < 1.29 is 22.0 Å². The van der Waals surface area contributed by atoms with Gasteiger partial charge in [0.2, 0.25) is 21.9 Å². The number of nitrogens with one attached hydrogen (secondary N) is 1. The first-order valence-corrected chi connectivity index (χ1v) is 14.2. The lowest BCUT2D eigenvalue weighted by molar-refractivity contribution is -0.151. The Kier molecular flexibility index (Phi) is 6.72. The summed E-state index contributed by atoms with van der Waals surface area (Å²) in [4.78, 5) is 18.9. The van der Waals surface area contributed by atoms with Crippen LogP contribution in [0.2, 0.25) is 10.0 Å². The predicted octanol–water partition coefficient (Wildman–Crippen LogP) is 4.33. The maximum absolute atomic E-state index is 13.6. The summed E-state index contributed by atoms with van der Waals surface area (Å²) >= 11 is 12.2. The van der Waals surface area contributed by atoms with Crippen molar-refractivity contribution in [2.75, 3.05) is 19.8 Å². The summed E-state index contributed by atoms with van der Waals surface area (Å²) < 4.78 is 55.3. The Morgan fingerprint density at radius 1 is 1.19 bits per heavy atom. The highest BCUT2D eigenvalue weighted by molar-refractivity contribution is 7.89. The molecule has 2 bridgehead atoms. The van der Waals surface area contributed by atoms with Gasteiger partial charge < -0.3 is 10.2 Å². The van der Waals surface area contributed by atoms with E-state index in [1.807, 2.05) is 13.8 Å². The highest BCUT2D eigenvalue weighted by Crippen LogP contribution is 2.71. The number of amides is 1. The van der Waals surface area contributed by atoms with Crippen molar-refractivity contribution in [3.63, 3.8) is 0 Å². The molecule has 36 heavy (non-hydrogen) atoms. The summed E-state index contributed by atoms with van der Waals surface area (Å²) in [6.45, 7) is 4.57. The minimum Gasteiger partial charge on any atom is -0.366 e. The van der Waals surface area contributed by atoms with Gasteiger partial charge in [0.05, 0.1) is 21.3 Å². The second-order valence-electron chi connectivity index (χ2n) is 11.4. The topological polar surface area (TPSA) is 82.1 Å². The standard InChI is InChI=1S/C24H32Cl2F2N4O3S/c1-21(2)18(19(33)31(4)5)29-20(30-21)23-12-24(13-23,14-23)32(36(34,35)9-8-22(3,27)28)11-15-6-7-16(25)17(26)10-15/h6-7,10,18H,8-9,11-14H2,1-5H3,(H,29,30)/t18-,23?,24?/m0/s1. The molecule has 3 saturated carbocycles. The number of likely N-dealkylation sites (N-methyl/N-ethyl adjacent to an activating group) is 1. The fraction of sp³-hybridized carbons (Fsp3) is 0.667. The molecule has 1 atom stereocenters. The molecule has 1 amide bonds. The number of amidine groups is 1. The van der Waals surface area contributed by atoms with E-state index < -0.39 is 45.2 Å². The zero-order valence-corrected chi connectivity index (χ0v) is 23.4. The quantitative estimate of drug-likeness (QED) is 0.484. The molecule has 1 aliphatic heterocycles. The van der Waals surface area contributed by atoms with Crippen LogP contribution in [0.3, 0.4) is 0 Å². The maximum Gasteiger partial charge on any atom is 0.249 e. The molecule has 1 heterocycles.